The number of halogens is 1. The summed E-state index contributed by atoms with van der Waals surface area (Å²) in [5.41, 5.74) is 0.843. The Morgan fingerprint density at radius 2 is 1.60 bits per heavy atom. The highest BCUT2D eigenvalue weighted by atomic mass is 79.9. The number of rotatable bonds is 5. The summed E-state index contributed by atoms with van der Waals surface area (Å²) in [6, 6.07) is 9.51. The second kappa shape index (κ2) is 7.08. The maximum atomic E-state index is 12.5. The van der Waals surface area contributed by atoms with E-state index in [1.807, 2.05) is 30.3 Å². The van der Waals surface area contributed by atoms with Gasteiger partial charge in [-0.15, -0.1) is 0 Å². The molecule has 4 heteroatoms. The van der Waals surface area contributed by atoms with E-state index in [9.17, 15) is 8.42 Å². The first kappa shape index (κ1) is 16.0. The van der Waals surface area contributed by atoms with E-state index in [2.05, 4.69) is 15.9 Å². The Kier molecular flexibility index (Phi) is 5.67. The van der Waals surface area contributed by atoms with Crippen LogP contribution in [0.4, 0.5) is 0 Å². The molecule has 2 nitrogen and oxygen atoms in total. The van der Waals surface area contributed by atoms with Crippen molar-refractivity contribution < 1.29 is 8.42 Å². The zero-order chi connectivity index (χ0) is 14.5. The minimum atomic E-state index is -3.05. The summed E-state index contributed by atoms with van der Waals surface area (Å²) in [5, 5.41) is 0.800. The second-order valence-corrected chi connectivity index (χ2v) is 8.69. The number of alkyl halides is 1. The van der Waals surface area contributed by atoms with Gasteiger partial charge in [0.25, 0.3) is 0 Å². The number of benzene rings is 1. The van der Waals surface area contributed by atoms with Crippen molar-refractivity contribution in [2.75, 3.05) is 11.1 Å². The Bertz CT molecular complexity index is 503. The lowest BCUT2D eigenvalue weighted by Crippen LogP contribution is -2.32. The normalized spacial score (nSPS) is 19.4. The molecule has 0 aromatic heterocycles. The fraction of sp³-hybridized carbons (Fsp3) is 0.625. The summed E-state index contributed by atoms with van der Waals surface area (Å²) >= 11 is 3.58. The molecule has 1 fully saturated rings. The van der Waals surface area contributed by atoms with Crippen molar-refractivity contribution in [3.8, 4) is 0 Å². The average Bonchev–Trinajstić information content (AvgIpc) is 2.65. The fourth-order valence-corrected chi connectivity index (χ4v) is 6.29. The Morgan fingerprint density at radius 1 is 1.00 bits per heavy atom. The van der Waals surface area contributed by atoms with E-state index in [-0.39, 0.29) is 11.2 Å². The molecule has 2 rings (SSSR count). The van der Waals surface area contributed by atoms with Gasteiger partial charge >= 0.3 is 0 Å². The Morgan fingerprint density at radius 3 is 2.15 bits per heavy atom. The van der Waals surface area contributed by atoms with Crippen LogP contribution in [0.15, 0.2) is 30.3 Å². The zero-order valence-corrected chi connectivity index (χ0v) is 14.3. The van der Waals surface area contributed by atoms with E-state index in [1.54, 1.807) is 0 Å². The smallest absolute Gasteiger partial charge is 0.155 e. The molecule has 1 aromatic rings. The predicted octanol–water partition coefficient (Wildman–Crippen LogP) is 4.34. The van der Waals surface area contributed by atoms with Gasteiger partial charge in [-0.25, -0.2) is 8.42 Å². The van der Waals surface area contributed by atoms with E-state index in [0.29, 0.717) is 5.75 Å². The highest BCUT2D eigenvalue weighted by Gasteiger charge is 2.34. The third kappa shape index (κ3) is 4.59. The first-order valence-corrected chi connectivity index (χ1v) is 10.3. The summed E-state index contributed by atoms with van der Waals surface area (Å²) in [4.78, 5) is 0. The lowest BCUT2D eigenvalue weighted by atomic mass is 9.85. The highest BCUT2D eigenvalue weighted by molar-refractivity contribution is 9.09. The van der Waals surface area contributed by atoms with Crippen LogP contribution in [0.1, 0.15) is 44.1 Å². The number of hydrogen-bond donors (Lipinski definition) is 0. The largest absolute Gasteiger partial charge is 0.228 e. The predicted molar refractivity (Wildman–Crippen MR) is 87.9 cm³/mol. The van der Waals surface area contributed by atoms with Crippen LogP contribution >= 0.6 is 15.9 Å². The zero-order valence-electron chi connectivity index (χ0n) is 11.9. The molecular weight excluding hydrogens is 336 g/mol. The van der Waals surface area contributed by atoms with Crippen LogP contribution in [-0.4, -0.2) is 19.5 Å². The Balaban J connectivity index is 2.09. The van der Waals surface area contributed by atoms with Crippen molar-refractivity contribution in [1.82, 2.24) is 0 Å². The quantitative estimate of drug-likeness (QED) is 0.579. The van der Waals surface area contributed by atoms with Gasteiger partial charge < -0.3 is 0 Å². The van der Waals surface area contributed by atoms with Crippen molar-refractivity contribution in [3.63, 3.8) is 0 Å². The van der Waals surface area contributed by atoms with Gasteiger partial charge in [0.1, 0.15) is 0 Å². The van der Waals surface area contributed by atoms with Crippen LogP contribution in [0.2, 0.25) is 0 Å². The fourth-order valence-electron chi connectivity index (χ4n) is 3.14. The molecule has 0 N–H and O–H groups in total. The molecule has 112 valence electrons. The van der Waals surface area contributed by atoms with E-state index in [4.69, 9.17) is 0 Å². The molecule has 0 heterocycles. The van der Waals surface area contributed by atoms with Gasteiger partial charge in [0, 0.05) is 5.33 Å². The molecule has 1 aromatic carbocycles. The summed E-state index contributed by atoms with van der Waals surface area (Å²) < 4.78 is 25.0. The van der Waals surface area contributed by atoms with Crippen LogP contribution in [0.3, 0.4) is 0 Å². The average molecular weight is 359 g/mol. The third-order valence-corrected chi connectivity index (χ3v) is 7.22. The molecule has 1 aliphatic rings. The maximum absolute atomic E-state index is 12.5. The minimum Gasteiger partial charge on any atom is -0.228 e. The van der Waals surface area contributed by atoms with Crippen LogP contribution in [0, 0.1) is 5.41 Å². The summed E-state index contributed by atoms with van der Waals surface area (Å²) in [5.74, 6) is 0.489. The van der Waals surface area contributed by atoms with Gasteiger partial charge in [-0.2, -0.15) is 0 Å². The first-order chi connectivity index (χ1) is 9.55. The van der Waals surface area contributed by atoms with Crippen molar-refractivity contribution >= 4 is 25.8 Å². The number of hydrogen-bond acceptors (Lipinski definition) is 2. The molecule has 0 bridgehead atoms. The Labute approximate surface area is 131 Å². The monoisotopic (exact) mass is 358 g/mol. The minimum absolute atomic E-state index is 0.0515. The van der Waals surface area contributed by atoms with Crippen molar-refractivity contribution in [2.45, 2.75) is 44.3 Å². The van der Waals surface area contributed by atoms with Crippen molar-refractivity contribution in [3.05, 3.63) is 35.9 Å². The van der Waals surface area contributed by atoms with E-state index in [1.165, 1.54) is 12.8 Å². The molecular formula is C16H23BrO2S. The standard InChI is InChI=1S/C16H23BrO2S/c17-13-16(10-6-1-2-7-11-16)14-20(18,19)12-15-8-4-3-5-9-15/h3-5,8-9H,1-2,6-7,10-14H2. The van der Waals surface area contributed by atoms with E-state index in [0.717, 1.165) is 36.6 Å². The summed E-state index contributed by atoms with van der Waals surface area (Å²) in [7, 11) is -3.05. The van der Waals surface area contributed by atoms with E-state index < -0.39 is 9.84 Å². The molecule has 1 aliphatic carbocycles. The molecule has 20 heavy (non-hydrogen) atoms. The van der Waals surface area contributed by atoms with Crippen LogP contribution in [0.25, 0.3) is 0 Å². The highest BCUT2D eigenvalue weighted by Crippen LogP contribution is 2.38. The van der Waals surface area contributed by atoms with Gasteiger partial charge in [-0.05, 0) is 23.8 Å². The van der Waals surface area contributed by atoms with Crippen molar-refractivity contribution in [2.24, 2.45) is 5.41 Å². The topological polar surface area (TPSA) is 34.1 Å². The van der Waals surface area contributed by atoms with Gasteiger partial charge in [-0.3, -0.25) is 0 Å². The number of sulfone groups is 1. The van der Waals surface area contributed by atoms with Gasteiger partial charge in [0.2, 0.25) is 0 Å². The third-order valence-electron chi connectivity index (χ3n) is 4.20. The van der Waals surface area contributed by atoms with Crippen LogP contribution in [0.5, 0.6) is 0 Å². The SMILES string of the molecule is O=S(=O)(Cc1ccccc1)CC1(CBr)CCCCCC1. The molecule has 1 saturated carbocycles. The molecule has 0 spiro atoms. The lowest BCUT2D eigenvalue weighted by Gasteiger charge is -2.30. The van der Waals surface area contributed by atoms with Crippen molar-refractivity contribution in [1.29, 1.82) is 0 Å². The maximum Gasteiger partial charge on any atom is 0.155 e. The molecule has 0 unspecified atom stereocenters. The summed E-state index contributed by atoms with van der Waals surface area (Å²) in [6.45, 7) is 0. The molecule has 0 amide bonds. The lowest BCUT2D eigenvalue weighted by molar-refractivity contribution is 0.327. The van der Waals surface area contributed by atoms with Gasteiger partial charge in [0.15, 0.2) is 9.84 Å². The molecule has 0 saturated heterocycles. The molecule has 0 aliphatic heterocycles. The second-order valence-electron chi connectivity index (χ2n) is 6.07. The molecule has 0 atom stereocenters. The first-order valence-electron chi connectivity index (χ1n) is 7.36. The van der Waals surface area contributed by atoms with Crippen LogP contribution in [-0.2, 0) is 15.6 Å². The molecule has 0 radical (unpaired) electrons. The van der Waals surface area contributed by atoms with Gasteiger partial charge in [0.05, 0.1) is 11.5 Å². The van der Waals surface area contributed by atoms with Gasteiger partial charge in [-0.1, -0.05) is 71.9 Å². The van der Waals surface area contributed by atoms with Crippen LogP contribution < -0.4 is 0 Å². The summed E-state index contributed by atoms with van der Waals surface area (Å²) in [6.07, 6.45) is 6.87. The van der Waals surface area contributed by atoms with E-state index >= 15 is 0 Å². The Hall–Kier alpha value is -0.350.